The average molecular weight is 695 g/mol. The molecule has 2 aromatic carbocycles. The zero-order valence-electron chi connectivity index (χ0n) is 29.9. The maximum Gasteiger partial charge on any atom is 0.323 e. The molecular weight excluding hydrogens is 644 g/mol. The van der Waals surface area contributed by atoms with E-state index in [0.29, 0.717) is 46.6 Å². The van der Waals surface area contributed by atoms with E-state index in [1.54, 1.807) is 82.3 Å². The molecular formula is C36H50N6O8. The number of fused-ring (bicyclic) bond motifs is 1. The third kappa shape index (κ3) is 10.1. The van der Waals surface area contributed by atoms with Crippen molar-refractivity contribution >= 4 is 35.0 Å². The number of rotatable bonds is 8. The van der Waals surface area contributed by atoms with Gasteiger partial charge in [-0.3, -0.25) is 4.79 Å². The summed E-state index contributed by atoms with van der Waals surface area (Å²) in [5.74, 6) is 0.931. The number of methoxy groups -OCH3 is 1. The van der Waals surface area contributed by atoms with Crippen molar-refractivity contribution in [3.63, 3.8) is 0 Å². The Morgan fingerprint density at radius 3 is 2.44 bits per heavy atom. The average Bonchev–Trinajstić information content (AvgIpc) is 3.41. The van der Waals surface area contributed by atoms with Gasteiger partial charge in [0.05, 0.1) is 37.5 Å². The number of urea groups is 2. The number of amides is 5. The first kappa shape index (κ1) is 38.0. The number of aryl methyl sites for hydroxylation is 2. The van der Waals surface area contributed by atoms with Crippen molar-refractivity contribution in [1.29, 1.82) is 0 Å². The number of anilines is 3. The van der Waals surface area contributed by atoms with Crippen LogP contribution in [0.4, 0.5) is 26.7 Å². The summed E-state index contributed by atoms with van der Waals surface area (Å²) in [5, 5.41) is 22.6. The highest BCUT2D eigenvalue weighted by atomic mass is 16.5. The topological polar surface area (TPSA) is 168 Å². The smallest absolute Gasteiger partial charge is 0.323 e. The Bertz CT molecular complexity index is 1580. The normalized spacial score (nSPS) is 19.3. The molecule has 0 radical (unpaired) electrons. The van der Waals surface area contributed by atoms with Gasteiger partial charge in [0, 0.05) is 44.0 Å². The Labute approximate surface area is 293 Å². The van der Waals surface area contributed by atoms with Crippen LogP contribution in [0.1, 0.15) is 61.8 Å². The van der Waals surface area contributed by atoms with Gasteiger partial charge in [0.25, 0.3) is 5.91 Å². The molecule has 5 amide bonds. The number of carbonyl (C=O) groups is 3. The predicted octanol–water partition coefficient (Wildman–Crippen LogP) is 5.90. The van der Waals surface area contributed by atoms with Crippen LogP contribution in [-0.4, -0.2) is 96.7 Å². The van der Waals surface area contributed by atoms with Crippen molar-refractivity contribution in [2.24, 2.45) is 5.92 Å². The summed E-state index contributed by atoms with van der Waals surface area (Å²) in [7, 11) is 3.25. The Kier molecular flexibility index (Phi) is 13.5. The summed E-state index contributed by atoms with van der Waals surface area (Å²) < 4.78 is 23.0. The first-order valence-electron chi connectivity index (χ1n) is 16.9. The molecule has 0 saturated carbocycles. The number of hydrogen-bond acceptors (Lipinski definition) is 9. The van der Waals surface area contributed by atoms with E-state index in [1.165, 1.54) is 4.90 Å². The highest BCUT2D eigenvalue weighted by molar-refractivity contribution is 6.02. The molecule has 0 spiro atoms. The van der Waals surface area contributed by atoms with E-state index < -0.39 is 18.2 Å². The summed E-state index contributed by atoms with van der Waals surface area (Å²) in [6.45, 7) is 9.81. The Balaban J connectivity index is 1.57. The molecule has 272 valence electrons. The van der Waals surface area contributed by atoms with Crippen molar-refractivity contribution in [2.75, 3.05) is 56.4 Å². The van der Waals surface area contributed by atoms with Gasteiger partial charge in [0.1, 0.15) is 22.9 Å². The number of aromatic nitrogens is 1. The van der Waals surface area contributed by atoms with Crippen LogP contribution in [0.3, 0.4) is 0 Å². The van der Waals surface area contributed by atoms with Crippen molar-refractivity contribution < 1.29 is 38.2 Å². The number of hydrogen-bond donors (Lipinski definition) is 4. The molecule has 1 aromatic heterocycles. The Morgan fingerprint density at radius 1 is 1.08 bits per heavy atom. The quantitative estimate of drug-likeness (QED) is 0.224. The van der Waals surface area contributed by atoms with Crippen LogP contribution in [0.2, 0.25) is 0 Å². The summed E-state index contributed by atoms with van der Waals surface area (Å²) >= 11 is 0. The molecule has 0 bridgehead atoms. The first-order chi connectivity index (χ1) is 23.9. The van der Waals surface area contributed by atoms with Gasteiger partial charge in [0.2, 0.25) is 0 Å². The highest BCUT2D eigenvalue weighted by Gasteiger charge is 2.31. The standard InChI is InChI=1S/C36H50N6O8/c1-22-19-42(23(2)21-43)34(44)30-18-28(38-35(45)37-27-11-14-29(47-7)15-12-27)13-16-31(30)49-24(3)10-8-9-17-48-32(22)20-41(6)36(46)39-33-25(4)40-50-26(33)5/h11-16,18,22-24,32,43H,8-10,17,19-21H2,1-7H3,(H,39,46)(H2,37,38,45)/t22-,23-,24-,32+/m1/s1. The van der Waals surface area contributed by atoms with E-state index in [9.17, 15) is 19.5 Å². The number of benzene rings is 2. The molecule has 4 atom stereocenters. The van der Waals surface area contributed by atoms with E-state index >= 15 is 0 Å². The van der Waals surface area contributed by atoms with Crippen molar-refractivity contribution in [3.05, 3.63) is 59.5 Å². The third-order valence-electron chi connectivity index (χ3n) is 8.72. The number of aliphatic hydroxyl groups excluding tert-OH is 1. The van der Waals surface area contributed by atoms with Gasteiger partial charge in [-0.15, -0.1) is 0 Å². The molecule has 2 heterocycles. The summed E-state index contributed by atoms with van der Waals surface area (Å²) in [4.78, 5) is 43.6. The molecule has 0 aliphatic carbocycles. The molecule has 14 heteroatoms. The van der Waals surface area contributed by atoms with Gasteiger partial charge in [0.15, 0.2) is 5.76 Å². The van der Waals surface area contributed by atoms with Crippen LogP contribution >= 0.6 is 0 Å². The second kappa shape index (κ2) is 17.7. The van der Waals surface area contributed by atoms with Crippen LogP contribution in [0.15, 0.2) is 47.0 Å². The second-order valence-corrected chi connectivity index (χ2v) is 12.8. The largest absolute Gasteiger partial charge is 0.497 e. The van der Waals surface area contributed by atoms with E-state index in [-0.39, 0.29) is 49.2 Å². The zero-order valence-corrected chi connectivity index (χ0v) is 29.9. The van der Waals surface area contributed by atoms with Gasteiger partial charge >= 0.3 is 12.1 Å². The summed E-state index contributed by atoms with van der Waals surface area (Å²) in [6.07, 6.45) is 1.69. The molecule has 0 saturated heterocycles. The van der Waals surface area contributed by atoms with E-state index in [2.05, 4.69) is 21.1 Å². The fourth-order valence-electron chi connectivity index (χ4n) is 5.65. The lowest BCUT2D eigenvalue weighted by Gasteiger charge is -2.35. The van der Waals surface area contributed by atoms with Crippen LogP contribution in [0.5, 0.6) is 11.5 Å². The summed E-state index contributed by atoms with van der Waals surface area (Å²) in [6, 6.07) is 10.5. The third-order valence-corrected chi connectivity index (χ3v) is 8.72. The Hall–Kier alpha value is -4.82. The number of nitrogens with one attached hydrogen (secondary N) is 3. The predicted molar refractivity (Wildman–Crippen MR) is 190 cm³/mol. The lowest BCUT2D eigenvalue weighted by atomic mass is 10.0. The zero-order chi connectivity index (χ0) is 36.4. The molecule has 4 rings (SSSR count). The fourth-order valence-corrected chi connectivity index (χ4v) is 5.65. The van der Waals surface area contributed by atoms with Gasteiger partial charge < -0.3 is 49.6 Å². The maximum absolute atomic E-state index is 14.4. The van der Waals surface area contributed by atoms with E-state index in [1.807, 2.05) is 13.8 Å². The van der Waals surface area contributed by atoms with Crippen molar-refractivity contribution in [3.8, 4) is 11.5 Å². The number of ether oxygens (including phenoxy) is 3. The second-order valence-electron chi connectivity index (χ2n) is 12.8. The lowest BCUT2D eigenvalue weighted by Crippen LogP contribution is -2.48. The van der Waals surface area contributed by atoms with Gasteiger partial charge in [-0.05, 0) is 89.4 Å². The van der Waals surface area contributed by atoms with Crippen LogP contribution in [-0.2, 0) is 4.74 Å². The summed E-state index contributed by atoms with van der Waals surface area (Å²) in [5.41, 5.74) is 2.30. The minimum Gasteiger partial charge on any atom is -0.497 e. The van der Waals surface area contributed by atoms with Gasteiger partial charge in [-0.25, -0.2) is 9.59 Å². The SMILES string of the molecule is COc1ccc(NC(=O)Nc2ccc3c(c2)C(=O)N([C@H](C)CO)C[C@@H](C)[C@H](CN(C)C(=O)Nc2c(C)noc2C)OCCCC[C@@H](C)O3)cc1. The van der Waals surface area contributed by atoms with Gasteiger partial charge in [-0.2, -0.15) is 0 Å². The highest BCUT2D eigenvalue weighted by Crippen LogP contribution is 2.29. The lowest BCUT2D eigenvalue weighted by molar-refractivity contribution is -0.0115. The van der Waals surface area contributed by atoms with E-state index in [4.69, 9.17) is 18.7 Å². The first-order valence-corrected chi connectivity index (χ1v) is 16.9. The van der Waals surface area contributed by atoms with E-state index in [0.717, 1.165) is 19.3 Å². The molecule has 0 unspecified atom stereocenters. The van der Waals surface area contributed by atoms with Crippen molar-refractivity contribution in [1.82, 2.24) is 15.0 Å². The van der Waals surface area contributed by atoms with Crippen molar-refractivity contribution in [2.45, 2.75) is 72.1 Å². The molecule has 1 aliphatic heterocycles. The number of aliphatic hydroxyl groups is 1. The fraction of sp³-hybridized carbons (Fsp3) is 0.500. The molecule has 14 nitrogen and oxygen atoms in total. The maximum atomic E-state index is 14.4. The molecule has 3 aromatic rings. The number of nitrogens with zero attached hydrogens (tertiary/aromatic N) is 3. The Morgan fingerprint density at radius 2 is 1.78 bits per heavy atom. The van der Waals surface area contributed by atoms with Crippen LogP contribution in [0.25, 0.3) is 0 Å². The minimum atomic E-state index is -0.556. The molecule has 1 aliphatic rings. The minimum absolute atomic E-state index is 0.209. The van der Waals surface area contributed by atoms with Crippen LogP contribution in [0, 0.1) is 19.8 Å². The van der Waals surface area contributed by atoms with Gasteiger partial charge in [-0.1, -0.05) is 12.1 Å². The molecule has 4 N–H and O–H groups in total. The number of likely N-dealkylation sites (N-methyl/N-ethyl adjacent to an activating group) is 1. The van der Waals surface area contributed by atoms with Crippen LogP contribution < -0.4 is 25.4 Å². The monoisotopic (exact) mass is 694 g/mol. The number of carbonyl (C=O) groups excluding carboxylic acids is 3. The molecule has 50 heavy (non-hydrogen) atoms. The molecule has 0 fully saturated rings.